The van der Waals surface area contributed by atoms with Crippen LogP contribution in [-0.4, -0.2) is 43.2 Å². The van der Waals surface area contributed by atoms with Crippen LogP contribution in [0.3, 0.4) is 0 Å². The molecule has 0 N–H and O–H groups in total. The minimum Gasteiger partial charge on any atom is -0.480 e. The van der Waals surface area contributed by atoms with Gasteiger partial charge in [-0.05, 0) is 19.3 Å². The third-order valence-electron chi connectivity index (χ3n) is 2.98. The molecule has 1 aromatic rings. The summed E-state index contributed by atoms with van der Waals surface area (Å²) in [4.78, 5) is 22.1. The number of rotatable bonds is 3. The van der Waals surface area contributed by atoms with Crippen molar-refractivity contribution in [2.75, 3.05) is 32.2 Å². The van der Waals surface area contributed by atoms with Crippen molar-refractivity contribution >= 4 is 11.9 Å². The van der Waals surface area contributed by atoms with Gasteiger partial charge >= 0.3 is 5.97 Å². The second-order valence-electron chi connectivity index (χ2n) is 4.13. The quantitative estimate of drug-likeness (QED) is 0.754. The summed E-state index contributed by atoms with van der Waals surface area (Å²) in [5.74, 6) is 0.383. The van der Waals surface area contributed by atoms with Crippen molar-refractivity contribution in [1.82, 2.24) is 9.97 Å². The minimum absolute atomic E-state index is 0.251. The number of hydrogen-bond donors (Lipinski definition) is 0. The maximum Gasteiger partial charge on any atom is 0.344 e. The van der Waals surface area contributed by atoms with Gasteiger partial charge in [0.05, 0.1) is 20.4 Å². The SMILES string of the molecule is COC(=O)c1cnc(N2CCCCC2)nc1OC. The van der Waals surface area contributed by atoms with Crippen molar-refractivity contribution in [1.29, 1.82) is 0 Å². The van der Waals surface area contributed by atoms with E-state index in [0.717, 1.165) is 25.9 Å². The van der Waals surface area contributed by atoms with E-state index in [1.807, 2.05) is 0 Å². The van der Waals surface area contributed by atoms with Crippen LogP contribution in [0.4, 0.5) is 5.95 Å². The number of carbonyl (C=O) groups is 1. The smallest absolute Gasteiger partial charge is 0.344 e. The van der Waals surface area contributed by atoms with Gasteiger partial charge in [0, 0.05) is 13.1 Å². The first-order chi connectivity index (χ1) is 8.76. The first kappa shape index (κ1) is 12.6. The van der Waals surface area contributed by atoms with E-state index in [-0.39, 0.29) is 11.4 Å². The van der Waals surface area contributed by atoms with Gasteiger partial charge < -0.3 is 14.4 Å². The van der Waals surface area contributed by atoms with Gasteiger partial charge in [-0.2, -0.15) is 4.98 Å². The lowest BCUT2D eigenvalue weighted by Gasteiger charge is -2.26. The molecule has 6 nitrogen and oxygen atoms in total. The molecule has 0 atom stereocenters. The second-order valence-corrected chi connectivity index (χ2v) is 4.13. The predicted molar refractivity (Wildman–Crippen MR) is 66.0 cm³/mol. The summed E-state index contributed by atoms with van der Waals surface area (Å²) in [6.45, 7) is 1.89. The van der Waals surface area contributed by atoms with Gasteiger partial charge in [-0.1, -0.05) is 0 Å². The van der Waals surface area contributed by atoms with Crippen LogP contribution in [0.2, 0.25) is 0 Å². The lowest BCUT2D eigenvalue weighted by atomic mass is 10.1. The lowest BCUT2D eigenvalue weighted by Crippen LogP contribution is -2.31. The highest BCUT2D eigenvalue weighted by molar-refractivity contribution is 5.91. The zero-order chi connectivity index (χ0) is 13.0. The number of ether oxygens (including phenoxy) is 2. The number of hydrogen-bond acceptors (Lipinski definition) is 6. The molecule has 0 aliphatic carbocycles. The van der Waals surface area contributed by atoms with Crippen LogP contribution >= 0.6 is 0 Å². The molecular formula is C12H17N3O3. The van der Waals surface area contributed by atoms with Gasteiger partial charge in [0.1, 0.15) is 5.56 Å². The van der Waals surface area contributed by atoms with Crippen molar-refractivity contribution in [3.05, 3.63) is 11.8 Å². The van der Waals surface area contributed by atoms with Gasteiger partial charge in [-0.15, -0.1) is 0 Å². The molecule has 1 saturated heterocycles. The van der Waals surface area contributed by atoms with Crippen molar-refractivity contribution in [2.45, 2.75) is 19.3 Å². The Kier molecular flexibility index (Phi) is 3.96. The fraction of sp³-hybridized carbons (Fsp3) is 0.583. The summed E-state index contributed by atoms with van der Waals surface area (Å²) in [6.07, 6.45) is 4.99. The van der Waals surface area contributed by atoms with E-state index in [1.165, 1.54) is 26.8 Å². The molecule has 0 aromatic carbocycles. The van der Waals surface area contributed by atoms with Crippen LogP contribution in [0.1, 0.15) is 29.6 Å². The molecule has 2 rings (SSSR count). The molecule has 0 amide bonds. The Balaban J connectivity index is 2.26. The number of piperidine rings is 1. The molecule has 0 radical (unpaired) electrons. The highest BCUT2D eigenvalue weighted by atomic mass is 16.5. The summed E-state index contributed by atoms with van der Waals surface area (Å²) >= 11 is 0. The highest BCUT2D eigenvalue weighted by Gasteiger charge is 2.19. The summed E-state index contributed by atoms with van der Waals surface area (Å²) in [6, 6.07) is 0. The third-order valence-corrected chi connectivity index (χ3v) is 2.98. The summed E-state index contributed by atoms with van der Waals surface area (Å²) in [7, 11) is 2.80. The fourth-order valence-corrected chi connectivity index (χ4v) is 2.01. The zero-order valence-electron chi connectivity index (χ0n) is 10.7. The van der Waals surface area contributed by atoms with E-state index >= 15 is 0 Å². The van der Waals surface area contributed by atoms with Gasteiger partial charge in [-0.25, -0.2) is 9.78 Å². The highest BCUT2D eigenvalue weighted by Crippen LogP contribution is 2.21. The fourth-order valence-electron chi connectivity index (χ4n) is 2.01. The minimum atomic E-state index is -0.489. The zero-order valence-corrected chi connectivity index (χ0v) is 10.7. The van der Waals surface area contributed by atoms with Gasteiger partial charge in [0.15, 0.2) is 0 Å². The molecule has 2 heterocycles. The molecule has 0 spiro atoms. The molecule has 1 aromatic heterocycles. The van der Waals surface area contributed by atoms with Crippen LogP contribution in [-0.2, 0) is 4.74 Å². The maximum absolute atomic E-state index is 11.5. The van der Waals surface area contributed by atoms with Crippen molar-refractivity contribution < 1.29 is 14.3 Å². The van der Waals surface area contributed by atoms with Crippen LogP contribution in [0.15, 0.2) is 6.20 Å². The van der Waals surface area contributed by atoms with E-state index in [2.05, 4.69) is 19.6 Å². The molecule has 1 fully saturated rings. The number of anilines is 1. The number of nitrogens with zero attached hydrogens (tertiary/aromatic N) is 3. The molecule has 0 saturated carbocycles. The second kappa shape index (κ2) is 5.66. The summed E-state index contributed by atoms with van der Waals surface area (Å²) in [5.41, 5.74) is 0.251. The van der Waals surface area contributed by atoms with E-state index in [9.17, 15) is 4.79 Å². The molecular weight excluding hydrogens is 234 g/mol. The average molecular weight is 251 g/mol. The standard InChI is InChI=1S/C12H17N3O3/c1-17-10-9(11(16)18-2)8-13-12(14-10)15-6-4-3-5-7-15/h8H,3-7H2,1-2H3. The first-order valence-electron chi connectivity index (χ1n) is 6.00. The lowest BCUT2D eigenvalue weighted by molar-refractivity contribution is 0.0595. The monoisotopic (exact) mass is 251 g/mol. The molecule has 6 heteroatoms. The molecule has 0 bridgehead atoms. The van der Waals surface area contributed by atoms with Gasteiger partial charge in [0.2, 0.25) is 11.8 Å². The summed E-state index contributed by atoms with van der Waals surface area (Å²) < 4.78 is 9.77. The molecule has 0 unspecified atom stereocenters. The van der Waals surface area contributed by atoms with Crippen molar-refractivity contribution in [2.24, 2.45) is 0 Å². The van der Waals surface area contributed by atoms with Crippen LogP contribution in [0, 0.1) is 0 Å². The van der Waals surface area contributed by atoms with Gasteiger partial charge in [0.25, 0.3) is 0 Å². The largest absolute Gasteiger partial charge is 0.480 e. The molecule has 1 aliphatic heterocycles. The van der Waals surface area contributed by atoms with Crippen molar-refractivity contribution in [3.8, 4) is 5.88 Å². The molecule has 98 valence electrons. The Bertz CT molecular complexity index is 431. The topological polar surface area (TPSA) is 64.5 Å². The normalized spacial score (nSPS) is 15.3. The van der Waals surface area contributed by atoms with Crippen LogP contribution in [0.5, 0.6) is 5.88 Å². The third kappa shape index (κ3) is 2.52. The average Bonchev–Trinajstić information content (AvgIpc) is 2.46. The van der Waals surface area contributed by atoms with E-state index in [0.29, 0.717) is 5.95 Å². The molecule has 1 aliphatic rings. The maximum atomic E-state index is 11.5. The Morgan fingerprint density at radius 2 is 2.00 bits per heavy atom. The van der Waals surface area contributed by atoms with Crippen LogP contribution < -0.4 is 9.64 Å². The summed E-state index contributed by atoms with van der Waals surface area (Å²) in [5, 5.41) is 0. The Hall–Kier alpha value is -1.85. The van der Waals surface area contributed by atoms with Crippen LogP contribution in [0.25, 0.3) is 0 Å². The van der Waals surface area contributed by atoms with E-state index in [4.69, 9.17) is 4.74 Å². The number of carbonyl (C=O) groups excluding carboxylic acids is 1. The number of esters is 1. The molecule has 18 heavy (non-hydrogen) atoms. The number of aromatic nitrogens is 2. The first-order valence-corrected chi connectivity index (χ1v) is 6.00. The van der Waals surface area contributed by atoms with Crippen molar-refractivity contribution in [3.63, 3.8) is 0 Å². The Labute approximate surface area is 106 Å². The Morgan fingerprint density at radius 1 is 1.28 bits per heavy atom. The predicted octanol–water partition coefficient (Wildman–Crippen LogP) is 1.26. The van der Waals surface area contributed by atoms with Gasteiger partial charge in [-0.3, -0.25) is 0 Å². The van der Waals surface area contributed by atoms with E-state index < -0.39 is 5.97 Å². The Morgan fingerprint density at radius 3 is 2.61 bits per heavy atom. The number of methoxy groups -OCH3 is 2. The van der Waals surface area contributed by atoms with E-state index in [1.54, 1.807) is 0 Å².